The topological polar surface area (TPSA) is 77.4 Å². The van der Waals surface area contributed by atoms with Crippen molar-refractivity contribution < 1.29 is 19.1 Å². The number of aryl methyl sites for hydroxylation is 2. The van der Waals surface area contributed by atoms with Gasteiger partial charge in [-0.3, -0.25) is 14.9 Å². The number of hydrogen-bond donors (Lipinski definition) is 1. The lowest BCUT2D eigenvalue weighted by molar-refractivity contribution is -0.123. The van der Waals surface area contributed by atoms with Crippen molar-refractivity contribution in [1.82, 2.24) is 9.88 Å². The molecule has 2 amide bonds. The Morgan fingerprint density at radius 3 is 2.67 bits per heavy atom. The molecule has 0 bridgehead atoms. The second-order valence-corrected chi connectivity index (χ2v) is 5.31. The first-order valence-electron chi connectivity index (χ1n) is 6.15. The van der Waals surface area contributed by atoms with Crippen LogP contribution < -0.4 is 5.32 Å². The number of thiophene rings is 1. The van der Waals surface area contributed by atoms with E-state index in [1.165, 1.54) is 11.3 Å². The van der Waals surface area contributed by atoms with Crippen LogP contribution in [-0.4, -0.2) is 29.0 Å². The summed E-state index contributed by atoms with van der Waals surface area (Å²) in [5.74, 6) is -1.76. The number of carbonyl (C=O) groups is 3. The Bertz CT molecular complexity index is 687. The molecular formula is C14H14N2O4S. The van der Waals surface area contributed by atoms with Gasteiger partial charge in [0, 0.05) is 13.2 Å². The zero-order valence-corrected chi connectivity index (χ0v) is 12.4. The number of ether oxygens (including phenoxy) is 1. The number of amides is 2. The lowest BCUT2D eigenvalue weighted by atomic mass is 10.3. The fraction of sp³-hybridized carbons (Fsp3) is 0.214. The highest BCUT2D eigenvalue weighted by Crippen LogP contribution is 2.16. The van der Waals surface area contributed by atoms with Crippen LogP contribution in [0, 0.1) is 6.92 Å². The molecule has 6 nitrogen and oxygen atoms in total. The molecule has 21 heavy (non-hydrogen) atoms. The molecule has 0 radical (unpaired) electrons. The summed E-state index contributed by atoms with van der Waals surface area (Å²) in [4.78, 5) is 35.6. The molecule has 110 valence electrons. The molecule has 2 heterocycles. The number of aromatic nitrogens is 1. The maximum atomic E-state index is 11.8. The van der Waals surface area contributed by atoms with Crippen LogP contribution in [0.15, 0.2) is 29.8 Å². The van der Waals surface area contributed by atoms with Crippen molar-refractivity contribution in [3.8, 4) is 0 Å². The molecule has 2 rings (SSSR count). The van der Waals surface area contributed by atoms with Gasteiger partial charge in [-0.15, -0.1) is 11.3 Å². The predicted molar refractivity (Wildman–Crippen MR) is 77.2 cm³/mol. The molecule has 0 fully saturated rings. The molecular weight excluding hydrogens is 292 g/mol. The predicted octanol–water partition coefficient (Wildman–Crippen LogP) is 1.51. The van der Waals surface area contributed by atoms with Gasteiger partial charge in [0.2, 0.25) is 0 Å². The van der Waals surface area contributed by atoms with Crippen molar-refractivity contribution >= 4 is 29.1 Å². The monoisotopic (exact) mass is 306 g/mol. The van der Waals surface area contributed by atoms with Crippen LogP contribution in [0.25, 0.3) is 0 Å². The Morgan fingerprint density at radius 1 is 1.33 bits per heavy atom. The SMILES string of the molecule is Cc1ccsc1C(=O)OCC(=O)NC(=O)c1cccn1C. The van der Waals surface area contributed by atoms with Gasteiger partial charge in [0.25, 0.3) is 11.8 Å². The van der Waals surface area contributed by atoms with Crippen LogP contribution in [0.4, 0.5) is 0 Å². The first-order valence-corrected chi connectivity index (χ1v) is 7.03. The maximum absolute atomic E-state index is 11.8. The maximum Gasteiger partial charge on any atom is 0.349 e. The molecule has 0 unspecified atom stereocenters. The summed E-state index contributed by atoms with van der Waals surface area (Å²) in [6.07, 6.45) is 1.69. The van der Waals surface area contributed by atoms with Crippen molar-refractivity contribution in [1.29, 1.82) is 0 Å². The van der Waals surface area contributed by atoms with Gasteiger partial charge in [0.1, 0.15) is 10.6 Å². The molecule has 0 atom stereocenters. The number of esters is 1. The van der Waals surface area contributed by atoms with Crippen LogP contribution in [0.5, 0.6) is 0 Å². The highest BCUT2D eigenvalue weighted by Gasteiger charge is 2.16. The van der Waals surface area contributed by atoms with Crippen LogP contribution in [0.3, 0.4) is 0 Å². The third kappa shape index (κ3) is 3.57. The van der Waals surface area contributed by atoms with E-state index in [-0.39, 0.29) is 0 Å². The van der Waals surface area contributed by atoms with Crippen LogP contribution in [-0.2, 0) is 16.6 Å². The minimum absolute atomic E-state index is 0.351. The highest BCUT2D eigenvalue weighted by atomic mass is 32.1. The van der Waals surface area contributed by atoms with E-state index >= 15 is 0 Å². The summed E-state index contributed by atoms with van der Waals surface area (Å²) in [5.41, 5.74) is 1.15. The molecule has 2 aromatic rings. The second kappa shape index (κ2) is 6.36. The van der Waals surface area contributed by atoms with E-state index < -0.39 is 24.4 Å². The van der Waals surface area contributed by atoms with Gasteiger partial charge in [-0.1, -0.05) is 0 Å². The van der Waals surface area contributed by atoms with E-state index in [4.69, 9.17) is 4.74 Å². The number of nitrogens with zero attached hydrogens (tertiary/aromatic N) is 1. The molecule has 0 saturated heterocycles. The van der Waals surface area contributed by atoms with Crippen molar-refractivity contribution in [2.45, 2.75) is 6.92 Å². The lowest BCUT2D eigenvalue weighted by Crippen LogP contribution is -2.35. The molecule has 1 N–H and O–H groups in total. The van der Waals surface area contributed by atoms with Crippen molar-refractivity contribution in [2.75, 3.05) is 6.61 Å². The molecule has 0 aliphatic heterocycles. The van der Waals surface area contributed by atoms with Gasteiger partial charge in [0.05, 0.1) is 0 Å². The smallest absolute Gasteiger partial charge is 0.349 e. The Kier molecular flexibility index (Phi) is 4.54. The third-order valence-electron chi connectivity index (χ3n) is 2.81. The second-order valence-electron chi connectivity index (χ2n) is 4.39. The van der Waals surface area contributed by atoms with Gasteiger partial charge >= 0.3 is 5.97 Å². The first-order chi connectivity index (χ1) is 9.99. The summed E-state index contributed by atoms with van der Waals surface area (Å²) in [6, 6.07) is 5.07. The molecule has 0 spiro atoms. The Labute approximate surface area is 125 Å². The van der Waals surface area contributed by atoms with E-state index in [9.17, 15) is 14.4 Å². The summed E-state index contributed by atoms with van der Waals surface area (Å²) >= 11 is 1.25. The largest absolute Gasteiger partial charge is 0.451 e. The van der Waals surface area contributed by atoms with E-state index in [1.807, 2.05) is 0 Å². The third-order valence-corrected chi connectivity index (χ3v) is 3.81. The number of imide groups is 1. The zero-order chi connectivity index (χ0) is 15.4. The standard InChI is InChI=1S/C14H14N2O4S/c1-9-5-7-21-12(9)14(19)20-8-11(17)15-13(18)10-4-3-6-16(10)2/h3-7H,8H2,1-2H3,(H,15,17,18). The summed E-state index contributed by atoms with van der Waals surface area (Å²) in [6.45, 7) is 1.29. The van der Waals surface area contributed by atoms with Crippen molar-refractivity contribution in [2.24, 2.45) is 7.05 Å². The van der Waals surface area contributed by atoms with Crippen molar-refractivity contribution in [3.63, 3.8) is 0 Å². The Balaban J connectivity index is 1.86. The normalized spacial score (nSPS) is 10.2. The van der Waals surface area contributed by atoms with Crippen LogP contribution in [0.1, 0.15) is 25.7 Å². The summed E-state index contributed by atoms with van der Waals surface area (Å²) in [7, 11) is 1.69. The number of hydrogen-bond acceptors (Lipinski definition) is 5. The van der Waals surface area contributed by atoms with Gasteiger partial charge in [0.15, 0.2) is 6.61 Å². The first kappa shape index (κ1) is 15.0. The highest BCUT2D eigenvalue weighted by molar-refractivity contribution is 7.12. The summed E-state index contributed by atoms with van der Waals surface area (Å²) < 4.78 is 6.46. The van der Waals surface area contributed by atoms with E-state index in [0.29, 0.717) is 10.6 Å². The Morgan fingerprint density at radius 2 is 2.10 bits per heavy atom. The fourth-order valence-corrected chi connectivity index (χ4v) is 2.52. The van der Waals surface area contributed by atoms with Gasteiger partial charge < -0.3 is 9.30 Å². The molecule has 0 aliphatic rings. The minimum Gasteiger partial charge on any atom is -0.451 e. The zero-order valence-electron chi connectivity index (χ0n) is 11.6. The van der Waals surface area contributed by atoms with E-state index in [1.54, 1.807) is 48.3 Å². The lowest BCUT2D eigenvalue weighted by Gasteiger charge is -2.06. The quantitative estimate of drug-likeness (QED) is 0.869. The fourth-order valence-electron chi connectivity index (χ4n) is 1.70. The van der Waals surface area contributed by atoms with E-state index in [2.05, 4.69) is 5.32 Å². The van der Waals surface area contributed by atoms with Gasteiger partial charge in [-0.05, 0) is 36.1 Å². The Hall–Kier alpha value is -2.41. The van der Waals surface area contributed by atoms with Crippen LogP contribution in [0.2, 0.25) is 0 Å². The van der Waals surface area contributed by atoms with Crippen molar-refractivity contribution in [3.05, 3.63) is 45.9 Å². The molecule has 0 aromatic carbocycles. The average Bonchev–Trinajstić information content (AvgIpc) is 3.04. The summed E-state index contributed by atoms with van der Waals surface area (Å²) in [5, 5.41) is 3.93. The van der Waals surface area contributed by atoms with Gasteiger partial charge in [-0.25, -0.2) is 4.79 Å². The molecule has 0 saturated carbocycles. The average molecular weight is 306 g/mol. The number of rotatable bonds is 4. The molecule has 7 heteroatoms. The molecule has 0 aliphatic carbocycles. The molecule has 2 aromatic heterocycles. The van der Waals surface area contributed by atoms with E-state index in [0.717, 1.165) is 5.56 Å². The number of carbonyl (C=O) groups excluding carboxylic acids is 3. The van der Waals surface area contributed by atoms with Gasteiger partial charge in [-0.2, -0.15) is 0 Å². The number of nitrogens with one attached hydrogen (secondary N) is 1. The van der Waals surface area contributed by atoms with Crippen LogP contribution >= 0.6 is 11.3 Å². The minimum atomic E-state index is -0.663.